The third kappa shape index (κ3) is 2.44. The van der Waals surface area contributed by atoms with Crippen LogP contribution in [0.4, 0.5) is 0 Å². The number of fused-ring (bicyclic) bond motifs is 1. The smallest absolute Gasteiger partial charge is 0.230 e. The highest BCUT2D eigenvalue weighted by Gasteiger charge is 2.00. The molecule has 82 valence electrons. The van der Waals surface area contributed by atoms with Crippen molar-refractivity contribution in [3.05, 3.63) is 52.5 Å². The van der Waals surface area contributed by atoms with Crippen molar-refractivity contribution in [2.45, 2.75) is 12.8 Å². The summed E-state index contributed by atoms with van der Waals surface area (Å²) in [5.41, 5.74) is 1.92. The van der Waals surface area contributed by atoms with Gasteiger partial charge < -0.3 is 4.98 Å². The van der Waals surface area contributed by atoms with E-state index in [9.17, 15) is 10.1 Å². The minimum Gasteiger partial charge on any atom is -0.342 e. The van der Waals surface area contributed by atoms with Crippen molar-refractivity contribution in [2.24, 2.45) is 0 Å². The van der Waals surface area contributed by atoms with Crippen molar-refractivity contribution in [2.75, 3.05) is 0 Å². The topological polar surface area (TPSA) is 71.8 Å². The van der Waals surface area contributed by atoms with Gasteiger partial charge in [-0.05, 0) is 24.6 Å². The quantitative estimate of drug-likeness (QED) is 0.630. The number of nitrogens with zero attached hydrogens (tertiary/aromatic N) is 2. The molecule has 16 heavy (non-hydrogen) atoms. The van der Waals surface area contributed by atoms with Gasteiger partial charge in [0.2, 0.25) is 6.20 Å². The average molecular weight is 217 g/mol. The fourth-order valence-electron chi connectivity index (χ4n) is 1.50. The maximum absolute atomic E-state index is 10.0. The van der Waals surface area contributed by atoms with Crippen LogP contribution in [0.15, 0.2) is 36.5 Å². The number of rotatable bonds is 4. The van der Waals surface area contributed by atoms with Gasteiger partial charge in [-0.25, -0.2) is 4.98 Å². The standard InChI is InChI=1S/C11H11N3O2/c15-14(16)8-4-3-7-11-12-9-5-1-2-6-10(9)13-11/h1-2,4-6,8H,3,7H2,(H,12,13)/b8-4+. The van der Waals surface area contributed by atoms with Crippen LogP contribution in [0.1, 0.15) is 12.2 Å². The van der Waals surface area contributed by atoms with Crippen LogP contribution in [0.5, 0.6) is 0 Å². The lowest BCUT2D eigenvalue weighted by Crippen LogP contribution is -1.87. The van der Waals surface area contributed by atoms with E-state index in [2.05, 4.69) is 9.97 Å². The third-order valence-electron chi connectivity index (χ3n) is 2.21. The van der Waals surface area contributed by atoms with E-state index in [0.717, 1.165) is 23.1 Å². The van der Waals surface area contributed by atoms with Gasteiger partial charge in [0.05, 0.1) is 16.0 Å². The fraction of sp³-hybridized carbons (Fsp3) is 0.182. The summed E-state index contributed by atoms with van der Waals surface area (Å²) in [7, 11) is 0. The zero-order chi connectivity index (χ0) is 11.4. The van der Waals surface area contributed by atoms with E-state index in [4.69, 9.17) is 0 Å². The van der Waals surface area contributed by atoms with Gasteiger partial charge >= 0.3 is 0 Å². The fourth-order valence-corrected chi connectivity index (χ4v) is 1.50. The Morgan fingerprint density at radius 1 is 1.44 bits per heavy atom. The number of nitro groups is 1. The molecule has 0 saturated heterocycles. The van der Waals surface area contributed by atoms with Crippen LogP contribution >= 0.6 is 0 Å². The van der Waals surface area contributed by atoms with Crippen LogP contribution in [0.25, 0.3) is 11.0 Å². The Morgan fingerprint density at radius 3 is 3.00 bits per heavy atom. The Bertz CT molecular complexity index is 498. The molecule has 0 spiro atoms. The maximum atomic E-state index is 10.0. The van der Waals surface area contributed by atoms with E-state index >= 15 is 0 Å². The Balaban J connectivity index is 2.02. The predicted molar refractivity (Wildman–Crippen MR) is 60.5 cm³/mol. The highest BCUT2D eigenvalue weighted by molar-refractivity contribution is 5.74. The zero-order valence-electron chi connectivity index (χ0n) is 8.59. The number of aryl methyl sites for hydroxylation is 1. The molecule has 0 aliphatic carbocycles. The molecule has 2 aromatic rings. The maximum Gasteiger partial charge on any atom is 0.230 e. The molecule has 0 radical (unpaired) electrons. The monoisotopic (exact) mass is 217 g/mol. The van der Waals surface area contributed by atoms with Crippen molar-refractivity contribution < 1.29 is 4.92 Å². The number of H-pyrrole nitrogens is 1. The average Bonchev–Trinajstić information content (AvgIpc) is 2.66. The number of hydrogen-bond acceptors (Lipinski definition) is 3. The first-order valence-corrected chi connectivity index (χ1v) is 4.99. The molecule has 1 aromatic carbocycles. The van der Waals surface area contributed by atoms with Crippen molar-refractivity contribution in [1.82, 2.24) is 9.97 Å². The van der Waals surface area contributed by atoms with Gasteiger partial charge in [0, 0.05) is 6.42 Å². The summed E-state index contributed by atoms with van der Waals surface area (Å²) >= 11 is 0. The van der Waals surface area contributed by atoms with Gasteiger partial charge in [-0.2, -0.15) is 0 Å². The van der Waals surface area contributed by atoms with Crippen molar-refractivity contribution in [3.63, 3.8) is 0 Å². The minimum atomic E-state index is -0.460. The van der Waals surface area contributed by atoms with Crippen molar-refractivity contribution in [1.29, 1.82) is 0 Å². The largest absolute Gasteiger partial charge is 0.342 e. The van der Waals surface area contributed by atoms with Gasteiger partial charge in [0.15, 0.2) is 0 Å². The van der Waals surface area contributed by atoms with E-state index in [1.165, 1.54) is 6.08 Å². The minimum absolute atomic E-state index is 0.460. The Labute approximate surface area is 92.0 Å². The van der Waals surface area contributed by atoms with Crippen LogP contribution in [0, 0.1) is 10.1 Å². The summed E-state index contributed by atoms with van der Waals surface area (Å²) in [5.74, 6) is 0.856. The number of imidazole rings is 1. The van der Waals surface area contributed by atoms with E-state index in [1.807, 2.05) is 24.3 Å². The number of benzene rings is 1. The second-order valence-corrected chi connectivity index (χ2v) is 3.41. The van der Waals surface area contributed by atoms with Crippen LogP contribution in [-0.2, 0) is 6.42 Å². The molecular weight excluding hydrogens is 206 g/mol. The highest BCUT2D eigenvalue weighted by atomic mass is 16.6. The van der Waals surface area contributed by atoms with Crippen LogP contribution in [-0.4, -0.2) is 14.9 Å². The molecule has 1 aromatic heterocycles. The summed E-state index contributed by atoms with van der Waals surface area (Å²) in [6, 6.07) is 7.76. The molecule has 0 unspecified atom stereocenters. The lowest BCUT2D eigenvalue weighted by atomic mass is 10.3. The number of hydrogen-bond donors (Lipinski definition) is 1. The second kappa shape index (κ2) is 4.57. The van der Waals surface area contributed by atoms with Crippen molar-refractivity contribution in [3.8, 4) is 0 Å². The molecule has 1 N–H and O–H groups in total. The number of aromatic nitrogens is 2. The molecule has 0 bridgehead atoms. The van der Waals surface area contributed by atoms with Gasteiger partial charge in [-0.3, -0.25) is 10.1 Å². The lowest BCUT2D eigenvalue weighted by Gasteiger charge is -1.88. The summed E-state index contributed by atoms with van der Waals surface area (Å²) in [6.07, 6.45) is 3.79. The Kier molecular flexibility index (Phi) is 2.95. The molecule has 5 nitrogen and oxygen atoms in total. The van der Waals surface area contributed by atoms with Crippen LogP contribution in [0.2, 0.25) is 0 Å². The Morgan fingerprint density at radius 2 is 2.25 bits per heavy atom. The van der Waals surface area contributed by atoms with E-state index in [1.54, 1.807) is 0 Å². The molecule has 0 atom stereocenters. The molecule has 0 fully saturated rings. The molecule has 1 heterocycles. The Hall–Kier alpha value is -2.17. The van der Waals surface area contributed by atoms with Gasteiger partial charge in [-0.1, -0.05) is 12.1 Å². The first kappa shape index (κ1) is 10.4. The highest BCUT2D eigenvalue weighted by Crippen LogP contribution is 2.11. The molecule has 0 amide bonds. The zero-order valence-corrected chi connectivity index (χ0v) is 8.59. The number of allylic oxidation sites excluding steroid dienone is 1. The summed E-state index contributed by atoms with van der Waals surface area (Å²) < 4.78 is 0. The van der Waals surface area contributed by atoms with Gasteiger partial charge in [0.1, 0.15) is 5.82 Å². The number of nitrogens with one attached hydrogen (secondary N) is 1. The molecule has 0 aliphatic heterocycles. The van der Waals surface area contributed by atoms with E-state index < -0.39 is 4.92 Å². The first-order valence-electron chi connectivity index (χ1n) is 4.99. The first-order chi connectivity index (χ1) is 7.75. The van der Waals surface area contributed by atoms with Crippen molar-refractivity contribution >= 4 is 11.0 Å². The lowest BCUT2D eigenvalue weighted by molar-refractivity contribution is -0.402. The second-order valence-electron chi connectivity index (χ2n) is 3.41. The molecule has 0 saturated carbocycles. The van der Waals surface area contributed by atoms with E-state index in [0.29, 0.717) is 12.8 Å². The van der Waals surface area contributed by atoms with Gasteiger partial charge in [0.25, 0.3) is 0 Å². The van der Waals surface area contributed by atoms with Crippen LogP contribution in [0.3, 0.4) is 0 Å². The van der Waals surface area contributed by atoms with Gasteiger partial charge in [-0.15, -0.1) is 0 Å². The summed E-state index contributed by atoms with van der Waals surface area (Å²) in [4.78, 5) is 17.1. The number of para-hydroxylation sites is 2. The molecule has 2 rings (SSSR count). The molecule has 0 aliphatic rings. The third-order valence-corrected chi connectivity index (χ3v) is 2.21. The number of aromatic amines is 1. The summed E-state index contributed by atoms with van der Waals surface area (Å²) in [5, 5.41) is 10.0. The normalized spacial score (nSPS) is 11.2. The molecular formula is C11H11N3O2. The predicted octanol–water partition coefficient (Wildman–Crippen LogP) is 2.29. The summed E-state index contributed by atoms with van der Waals surface area (Å²) in [6.45, 7) is 0. The van der Waals surface area contributed by atoms with E-state index in [-0.39, 0.29) is 0 Å². The SMILES string of the molecule is O=[N+]([O-])/C=C/CCc1nc2ccccc2[nH]1. The van der Waals surface area contributed by atoms with Crippen LogP contribution < -0.4 is 0 Å². The molecule has 5 heteroatoms.